The minimum atomic E-state index is -0.429. The van der Waals surface area contributed by atoms with Crippen molar-refractivity contribution >= 4 is 11.6 Å². The van der Waals surface area contributed by atoms with Crippen LogP contribution in [0.4, 0.5) is 5.69 Å². The van der Waals surface area contributed by atoms with E-state index in [0.717, 1.165) is 62.4 Å². The fourth-order valence-corrected chi connectivity index (χ4v) is 4.54. The number of hydrogen-bond donors (Lipinski definition) is 1. The molecule has 6 heteroatoms. The van der Waals surface area contributed by atoms with E-state index < -0.39 is 6.10 Å². The van der Waals surface area contributed by atoms with E-state index >= 15 is 0 Å². The maximum Gasteiger partial charge on any atom is 0.241 e. The molecule has 3 aliphatic rings. The maximum absolute atomic E-state index is 13.1. The van der Waals surface area contributed by atoms with E-state index in [4.69, 9.17) is 0 Å². The molecule has 3 heterocycles. The molecule has 2 aromatic rings. The number of carbonyl (C=O) groups is 1. The monoisotopic (exact) mass is 380 g/mol. The molecule has 0 bridgehead atoms. The Bertz CT molecular complexity index is 902. The second kappa shape index (κ2) is 7.01. The highest BCUT2D eigenvalue weighted by Crippen LogP contribution is 2.40. The van der Waals surface area contributed by atoms with Gasteiger partial charge in [0, 0.05) is 25.3 Å². The molecule has 1 atom stereocenters. The van der Waals surface area contributed by atoms with Crippen molar-refractivity contribution in [1.29, 1.82) is 0 Å². The van der Waals surface area contributed by atoms with E-state index in [9.17, 15) is 9.90 Å². The molecule has 1 amide bonds. The van der Waals surface area contributed by atoms with Gasteiger partial charge in [-0.1, -0.05) is 17.7 Å². The zero-order valence-corrected chi connectivity index (χ0v) is 16.5. The lowest BCUT2D eigenvalue weighted by atomic mass is 9.99. The summed E-state index contributed by atoms with van der Waals surface area (Å²) in [5.74, 6) is 0.563. The van der Waals surface area contributed by atoms with Crippen LogP contribution in [0.25, 0.3) is 0 Å². The number of aryl methyl sites for hydroxylation is 2. The molecule has 5 rings (SSSR count). The quantitative estimate of drug-likeness (QED) is 0.885. The minimum Gasteiger partial charge on any atom is -0.386 e. The number of benzene rings is 1. The first-order valence-corrected chi connectivity index (χ1v) is 10.5. The molecule has 28 heavy (non-hydrogen) atoms. The number of nitrogens with zero attached hydrogens (tertiary/aromatic N) is 4. The van der Waals surface area contributed by atoms with Crippen LogP contribution in [0.1, 0.15) is 47.9 Å². The second-order valence-electron chi connectivity index (χ2n) is 8.56. The number of rotatable bonds is 4. The molecular weight excluding hydrogens is 352 g/mol. The highest BCUT2D eigenvalue weighted by molar-refractivity contribution is 5.96. The summed E-state index contributed by atoms with van der Waals surface area (Å²) in [6, 6.07) is 8.43. The van der Waals surface area contributed by atoms with Crippen molar-refractivity contribution in [3.8, 4) is 0 Å². The first-order valence-electron chi connectivity index (χ1n) is 10.5. The predicted molar refractivity (Wildman–Crippen MR) is 107 cm³/mol. The Morgan fingerprint density at radius 1 is 1.25 bits per heavy atom. The van der Waals surface area contributed by atoms with Crippen molar-refractivity contribution in [1.82, 2.24) is 14.7 Å². The van der Waals surface area contributed by atoms with Crippen molar-refractivity contribution in [3.05, 3.63) is 46.8 Å². The summed E-state index contributed by atoms with van der Waals surface area (Å²) in [6.45, 7) is 5.64. The Morgan fingerprint density at radius 3 is 2.93 bits per heavy atom. The number of fused-ring (bicyclic) bond motifs is 2. The molecule has 6 nitrogen and oxygen atoms in total. The first kappa shape index (κ1) is 17.9. The number of carbonyl (C=O) groups excluding carboxylic acids is 1. The van der Waals surface area contributed by atoms with E-state index in [1.54, 1.807) is 0 Å². The number of aliphatic hydroxyl groups is 1. The van der Waals surface area contributed by atoms with Crippen molar-refractivity contribution < 1.29 is 9.90 Å². The normalized spacial score (nSPS) is 20.6. The van der Waals surface area contributed by atoms with Crippen LogP contribution in [0.15, 0.2) is 24.3 Å². The van der Waals surface area contributed by atoms with E-state index in [1.807, 2.05) is 15.6 Å². The highest BCUT2D eigenvalue weighted by atomic mass is 16.3. The van der Waals surface area contributed by atoms with Gasteiger partial charge in [-0.3, -0.25) is 14.4 Å². The maximum atomic E-state index is 13.1. The Morgan fingerprint density at radius 2 is 2.11 bits per heavy atom. The van der Waals surface area contributed by atoms with Crippen LogP contribution < -0.4 is 4.90 Å². The molecule has 148 valence electrons. The average molecular weight is 380 g/mol. The van der Waals surface area contributed by atoms with E-state index in [1.165, 1.54) is 11.1 Å². The molecule has 0 spiro atoms. The molecule has 1 aromatic heterocycles. The Balaban J connectivity index is 1.27. The third kappa shape index (κ3) is 3.35. The van der Waals surface area contributed by atoms with Gasteiger partial charge in [0.25, 0.3) is 0 Å². The van der Waals surface area contributed by atoms with Gasteiger partial charge in [0.15, 0.2) is 0 Å². The van der Waals surface area contributed by atoms with Crippen molar-refractivity contribution in [2.24, 2.45) is 5.92 Å². The van der Waals surface area contributed by atoms with Gasteiger partial charge < -0.3 is 10.0 Å². The van der Waals surface area contributed by atoms with Gasteiger partial charge in [0.05, 0.1) is 24.5 Å². The van der Waals surface area contributed by atoms with Crippen molar-refractivity contribution in [3.63, 3.8) is 0 Å². The highest BCUT2D eigenvalue weighted by Gasteiger charge is 2.33. The number of anilines is 1. The first-order chi connectivity index (χ1) is 13.6. The van der Waals surface area contributed by atoms with Gasteiger partial charge in [-0.25, -0.2) is 0 Å². The van der Waals surface area contributed by atoms with Gasteiger partial charge in [-0.05, 0) is 56.2 Å². The summed E-state index contributed by atoms with van der Waals surface area (Å²) in [6.07, 6.45) is 3.84. The minimum absolute atomic E-state index is 0.177. The van der Waals surface area contributed by atoms with Crippen LogP contribution >= 0.6 is 0 Å². The number of amides is 1. The molecule has 2 aliphatic heterocycles. The number of aliphatic hydroxyl groups excluding tert-OH is 1. The van der Waals surface area contributed by atoms with Gasteiger partial charge in [0.2, 0.25) is 5.91 Å². The average Bonchev–Trinajstić information content (AvgIpc) is 3.45. The lowest BCUT2D eigenvalue weighted by Crippen LogP contribution is -2.45. The van der Waals surface area contributed by atoms with E-state index in [0.29, 0.717) is 19.0 Å². The third-order valence-electron chi connectivity index (χ3n) is 6.28. The lowest BCUT2D eigenvalue weighted by Gasteiger charge is -2.33. The number of hydrogen-bond acceptors (Lipinski definition) is 4. The van der Waals surface area contributed by atoms with E-state index in [2.05, 4.69) is 35.1 Å². The smallest absolute Gasteiger partial charge is 0.241 e. The molecular formula is C22H28N4O2. The molecule has 1 aromatic carbocycles. The van der Waals surface area contributed by atoms with E-state index in [-0.39, 0.29) is 5.91 Å². The molecule has 0 radical (unpaired) electrons. The molecule has 1 saturated carbocycles. The molecule has 0 saturated heterocycles. The summed E-state index contributed by atoms with van der Waals surface area (Å²) >= 11 is 0. The zero-order valence-electron chi connectivity index (χ0n) is 16.5. The number of aromatic nitrogens is 2. The van der Waals surface area contributed by atoms with Gasteiger partial charge in [-0.15, -0.1) is 0 Å². The lowest BCUT2D eigenvalue weighted by molar-refractivity contribution is -0.120. The van der Waals surface area contributed by atoms with Gasteiger partial charge in [0.1, 0.15) is 6.10 Å². The predicted octanol–water partition coefficient (Wildman–Crippen LogP) is 2.43. The summed E-state index contributed by atoms with van der Waals surface area (Å²) in [5.41, 5.74) is 5.52. The van der Waals surface area contributed by atoms with Crippen LogP contribution in [0.3, 0.4) is 0 Å². The largest absolute Gasteiger partial charge is 0.386 e. The molecule has 1 N–H and O–H groups in total. The summed E-state index contributed by atoms with van der Waals surface area (Å²) in [5, 5.41) is 15.0. The van der Waals surface area contributed by atoms with Gasteiger partial charge in [-0.2, -0.15) is 5.10 Å². The summed E-state index contributed by atoms with van der Waals surface area (Å²) in [7, 11) is 0. The van der Waals surface area contributed by atoms with Crippen LogP contribution in [0, 0.1) is 12.8 Å². The zero-order chi connectivity index (χ0) is 19.3. The van der Waals surface area contributed by atoms with Crippen LogP contribution in [0.5, 0.6) is 0 Å². The third-order valence-corrected chi connectivity index (χ3v) is 6.28. The van der Waals surface area contributed by atoms with Crippen molar-refractivity contribution in [2.75, 3.05) is 24.5 Å². The Labute approximate surface area is 165 Å². The second-order valence-corrected chi connectivity index (χ2v) is 8.56. The summed E-state index contributed by atoms with van der Waals surface area (Å²) < 4.78 is 2.00. The van der Waals surface area contributed by atoms with Crippen LogP contribution in [-0.2, 0) is 24.3 Å². The SMILES string of the molecule is Cc1ccc2c(c1)CCCN2C(=O)CN1CCn2nc([C@H](O)C3CC3)cc2C1. The van der Waals surface area contributed by atoms with Crippen molar-refractivity contribution in [2.45, 2.75) is 51.8 Å². The van der Waals surface area contributed by atoms with Crippen LogP contribution in [0.2, 0.25) is 0 Å². The Hall–Kier alpha value is -2.18. The molecule has 0 unspecified atom stereocenters. The molecule has 1 aliphatic carbocycles. The molecule has 1 fully saturated rings. The van der Waals surface area contributed by atoms with Gasteiger partial charge >= 0.3 is 0 Å². The summed E-state index contributed by atoms with van der Waals surface area (Å²) in [4.78, 5) is 17.2. The topological polar surface area (TPSA) is 61.6 Å². The van der Waals surface area contributed by atoms with Crippen LogP contribution in [-0.4, -0.2) is 45.3 Å². The standard InChI is InChI=1S/C22H28N4O2/c1-15-4-7-20-17(11-15)3-2-8-25(20)21(27)14-24-9-10-26-18(13-24)12-19(23-26)22(28)16-5-6-16/h4,7,11-12,16,22,28H,2-3,5-6,8-10,13-14H2,1H3/t22-/m1/s1. The Kier molecular flexibility index (Phi) is 4.48. The fourth-order valence-electron chi connectivity index (χ4n) is 4.54. The fraction of sp³-hybridized carbons (Fsp3) is 0.545.